The van der Waals surface area contributed by atoms with Crippen LogP contribution >= 0.6 is 0 Å². The number of pyridine rings is 1. The average molecular weight is 349 g/mol. The van der Waals surface area contributed by atoms with Crippen molar-refractivity contribution in [2.45, 2.75) is 0 Å². The largest absolute Gasteiger partial charge is 0.484 e. The van der Waals surface area contributed by atoms with Crippen LogP contribution in [0.2, 0.25) is 0 Å². The van der Waals surface area contributed by atoms with E-state index < -0.39 is 0 Å². The number of fused-ring (bicyclic) bond motifs is 1. The summed E-state index contributed by atoms with van der Waals surface area (Å²) in [6.07, 6.45) is 2.67. The maximum absolute atomic E-state index is 12.2. The van der Waals surface area contributed by atoms with E-state index in [4.69, 9.17) is 16.0 Å². The van der Waals surface area contributed by atoms with Crippen LogP contribution in [-0.2, 0) is 4.79 Å². The molecule has 26 heavy (non-hydrogen) atoms. The minimum absolute atomic E-state index is 0.141. The molecule has 3 rings (SSSR count). The molecule has 0 unspecified atom stereocenters. The topological polar surface area (TPSA) is 116 Å². The summed E-state index contributed by atoms with van der Waals surface area (Å²) in [6.45, 7) is -0.141. The molecule has 130 valence electrons. The van der Waals surface area contributed by atoms with Crippen LogP contribution in [0.1, 0.15) is 0 Å². The van der Waals surface area contributed by atoms with Crippen LogP contribution in [0, 0.1) is 5.41 Å². The molecule has 2 aromatic carbocycles. The quantitative estimate of drug-likeness (QED) is 0.158. The molecule has 0 aliphatic carbocycles. The van der Waals surface area contributed by atoms with Crippen molar-refractivity contribution in [3.8, 4) is 5.75 Å². The van der Waals surface area contributed by atoms with Crippen molar-refractivity contribution in [3.63, 3.8) is 0 Å². The van der Waals surface area contributed by atoms with Crippen LogP contribution in [-0.4, -0.2) is 28.5 Å². The van der Waals surface area contributed by atoms with E-state index >= 15 is 0 Å². The number of nitrogens with zero attached hydrogens (tertiary/aromatic N) is 3. The van der Waals surface area contributed by atoms with Crippen LogP contribution < -0.4 is 15.9 Å². The number of aromatic nitrogens is 1. The number of ether oxygens (including phenoxy) is 1. The lowest BCUT2D eigenvalue weighted by atomic mass is 10.2. The molecule has 1 aromatic heterocycles. The van der Waals surface area contributed by atoms with Gasteiger partial charge in [0.2, 0.25) is 6.34 Å². The van der Waals surface area contributed by atoms with E-state index in [0.717, 1.165) is 17.2 Å². The summed E-state index contributed by atoms with van der Waals surface area (Å²) in [6, 6.07) is 16.1. The Morgan fingerprint density at radius 3 is 2.73 bits per heavy atom. The Morgan fingerprint density at radius 2 is 2.00 bits per heavy atom. The van der Waals surface area contributed by atoms with Crippen molar-refractivity contribution >= 4 is 34.5 Å². The van der Waals surface area contributed by atoms with E-state index in [2.05, 4.69) is 15.5 Å². The fraction of sp³-hybridized carbons (Fsp3) is 0.0556. The second kappa shape index (κ2) is 7.84. The second-order valence-corrected chi connectivity index (χ2v) is 5.30. The number of hydrogen-bond donors (Lipinski definition) is 3. The van der Waals surface area contributed by atoms with Crippen LogP contribution in [0.25, 0.3) is 10.9 Å². The van der Waals surface area contributed by atoms with E-state index in [-0.39, 0.29) is 12.5 Å². The maximum Gasteiger partial charge on any atom is 0.262 e. The summed E-state index contributed by atoms with van der Waals surface area (Å²) in [7, 11) is 0. The van der Waals surface area contributed by atoms with Crippen molar-refractivity contribution < 1.29 is 14.2 Å². The Labute approximate surface area is 149 Å². The number of rotatable bonds is 6. The minimum Gasteiger partial charge on any atom is -0.484 e. The molecule has 4 N–H and O–H groups in total. The van der Waals surface area contributed by atoms with Gasteiger partial charge in [-0.3, -0.25) is 9.78 Å². The first-order valence-corrected chi connectivity index (χ1v) is 7.78. The Balaban J connectivity index is 1.63. The van der Waals surface area contributed by atoms with Crippen molar-refractivity contribution in [1.82, 2.24) is 4.98 Å². The highest BCUT2D eigenvalue weighted by atomic mass is 16.5. The normalized spacial score (nSPS) is 11.2. The van der Waals surface area contributed by atoms with Crippen molar-refractivity contribution in [2.24, 2.45) is 11.1 Å². The zero-order valence-corrected chi connectivity index (χ0v) is 13.8. The fourth-order valence-corrected chi connectivity index (χ4v) is 2.41. The highest BCUT2D eigenvalue weighted by Crippen LogP contribution is 2.21. The van der Waals surface area contributed by atoms with E-state index in [9.17, 15) is 4.79 Å². The van der Waals surface area contributed by atoms with Crippen LogP contribution in [0.3, 0.4) is 0 Å². The monoisotopic (exact) mass is 349 g/mol. The molecule has 8 heteroatoms. The van der Waals surface area contributed by atoms with Crippen molar-refractivity contribution in [2.75, 3.05) is 11.9 Å². The average Bonchev–Trinajstić information content (AvgIpc) is 2.68. The van der Waals surface area contributed by atoms with Gasteiger partial charge in [-0.05, 0) is 36.4 Å². The molecule has 0 aliphatic rings. The molecule has 0 spiro atoms. The predicted molar refractivity (Wildman–Crippen MR) is 97.6 cm³/mol. The minimum atomic E-state index is -0.287. The number of anilines is 1. The number of benzene rings is 2. The molecule has 0 saturated carbocycles. The van der Waals surface area contributed by atoms with Gasteiger partial charge in [0.05, 0.1) is 11.2 Å². The first-order valence-electron chi connectivity index (χ1n) is 7.78. The number of hydrogen-bond acceptors (Lipinski definition) is 5. The Hall–Kier alpha value is -3.81. The Kier molecular flexibility index (Phi) is 5.14. The lowest BCUT2D eigenvalue weighted by molar-refractivity contribution is -0.384. The first kappa shape index (κ1) is 17.0. The SMILES string of the molecule is N=C[N+](=NN)c1ccc(OCC(=O)Nc2cccc3cccnc23)cc1. The number of carbonyl (C=O) groups is 1. The van der Waals surface area contributed by atoms with Gasteiger partial charge in [0, 0.05) is 16.8 Å². The number of nitrogens with one attached hydrogen (secondary N) is 2. The number of carbonyl (C=O) groups excluding carboxylic acids is 1. The summed E-state index contributed by atoms with van der Waals surface area (Å²) in [5.41, 5.74) is 1.98. The third-order valence-electron chi connectivity index (χ3n) is 3.62. The maximum atomic E-state index is 12.2. The fourth-order valence-electron chi connectivity index (χ4n) is 2.41. The van der Waals surface area contributed by atoms with Gasteiger partial charge in [-0.15, -0.1) is 4.70 Å². The third-order valence-corrected chi connectivity index (χ3v) is 3.62. The lowest BCUT2D eigenvalue weighted by Crippen LogP contribution is -2.20. The summed E-state index contributed by atoms with van der Waals surface area (Å²) in [4.78, 5) is 16.5. The predicted octanol–water partition coefficient (Wildman–Crippen LogP) is 2.83. The van der Waals surface area contributed by atoms with Gasteiger partial charge >= 0.3 is 0 Å². The number of nitrogens with two attached hydrogens (primary N) is 1. The Morgan fingerprint density at radius 1 is 1.23 bits per heavy atom. The molecule has 1 amide bonds. The van der Waals surface area contributed by atoms with Gasteiger partial charge in [0.1, 0.15) is 11.4 Å². The first-order chi connectivity index (χ1) is 12.7. The van der Waals surface area contributed by atoms with Gasteiger partial charge in [-0.1, -0.05) is 18.2 Å². The third kappa shape index (κ3) is 3.81. The van der Waals surface area contributed by atoms with Gasteiger partial charge in [0.15, 0.2) is 6.61 Å². The highest BCUT2D eigenvalue weighted by Gasteiger charge is 2.08. The molecule has 0 fully saturated rings. The molecule has 3 aromatic rings. The number of para-hydroxylation sites is 1. The smallest absolute Gasteiger partial charge is 0.262 e. The molecular weight excluding hydrogens is 332 g/mol. The standard InChI is InChI=1S/C18H16N6O2/c19-12-24(23-20)14-6-8-15(9-7-14)26-11-17(25)22-16-5-1-3-13-4-2-10-21-18(13)16/h1-10,12,19-20H,11H2,(H,22,25)/p+1. The van der Waals surface area contributed by atoms with Gasteiger partial charge in [-0.25, -0.2) is 5.84 Å². The van der Waals surface area contributed by atoms with Gasteiger partial charge in [-0.2, -0.15) is 5.41 Å². The van der Waals surface area contributed by atoms with Crippen LogP contribution in [0.15, 0.2) is 66.0 Å². The molecule has 0 bridgehead atoms. The van der Waals surface area contributed by atoms with Gasteiger partial charge < -0.3 is 10.1 Å². The van der Waals surface area contributed by atoms with Gasteiger partial charge in [0.25, 0.3) is 5.91 Å². The number of amides is 1. The van der Waals surface area contributed by atoms with E-state index in [1.54, 1.807) is 36.5 Å². The highest BCUT2D eigenvalue weighted by molar-refractivity contribution is 6.00. The molecule has 0 saturated heterocycles. The molecular formula is C18H17N6O2+. The molecule has 0 atom stereocenters. The summed E-state index contributed by atoms with van der Waals surface area (Å²) >= 11 is 0. The van der Waals surface area contributed by atoms with Crippen LogP contribution in [0.4, 0.5) is 11.4 Å². The Bertz CT molecular complexity index is 964. The van der Waals surface area contributed by atoms with E-state index in [0.29, 0.717) is 17.1 Å². The lowest BCUT2D eigenvalue weighted by Gasteiger charge is -2.09. The van der Waals surface area contributed by atoms with Crippen molar-refractivity contribution in [3.05, 3.63) is 60.8 Å². The summed E-state index contributed by atoms with van der Waals surface area (Å²) in [5, 5.41) is 14.4. The zero-order valence-electron chi connectivity index (χ0n) is 13.8. The van der Waals surface area contributed by atoms with E-state index in [1.807, 2.05) is 24.3 Å². The molecule has 0 aliphatic heterocycles. The van der Waals surface area contributed by atoms with Crippen LogP contribution in [0.5, 0.6) is 5.75 Å². The zero-order chi connectivity index (χ0) is 18.4. The molecule has 1 heterocycles. The second-order valence-electron chi connectivity index (χ2n) is 5.30. The summed E-state index contributed by atoms with van der Waals surface area (Å²) < 4.78 is 6.68. The molecule has 8 nitrogen and oxygen atoms in total. The summed E-state index contributed by atoms with van der Waals surface area (Å²) in [5.74, 6) is 5.40. The van der Waals surface area contributed by atoms with Crippen molar-refractivity contribution in [1.29, 1.82) is 5.41 Å². The molecule has 0 radical (unpaired) electrons. The van der Waals surface area contributed by atoms with E-state index in [1.165, 1.54) is 4.70 Å².